The maximum atomic E-state index is 10.8. The molecule has 0 saturated carbocycles. The Morgan fingerprint density at radius 2 is 2.28 bits per heavy atom. The fraction of sp³-hybridized carbons (Fsp3) is 0.167. The number of benzene rings is 1. The summed E-state index contributed by atoms with van der Waals surface area (Å²) in [5.74, 6) is 4.62. The number of nitro groups is 1. The van der Waals surface area contributed by atoms with Gasteiger partial charge in [0.15, 0.2) is 6.29 Å². The summed E-state index contributed by atoms with van der Waals surface area (Å²) in [4.78, 5) is 31.5. The molecule has 0 radical (unpaired) electrons. The lowest BCUT2D eigenvalue weighted by Gasteiger charge is -1.96. The van der Waals surface area contributed by atoms with E-state index in [0.717, 1.165) is 6.07 Å². The summed E-state index contributed by atoms with van der Waals surface area (Å²) < 4.78 is 4.40. The highest BCUT2D eigenvalue weighted by atomic mass is 16.6. The summed E-state index contributed by atoms with van der Waals surface area (Å²) in [6, 6.07) is 3.75. The number of rotatable bonds is 3. The van der Waals surface area contributed by atoms with Crippen molar-refractivity contribution < 1.29 is 19.2 Å². The number of hydrogen-bond acceptors (Lipinski definition) is 5. The molecule has 0 bridgehead atoms. The molecule has 0 fully saturated rings. The van der Waals surface area contributed by atoms with E-state index < -0.39 is 10.9 Å². The number of nitro benzene ring substituents is 1. The first-order chi connectivity index (χ1) is 8.58. The van der Waals surface area contributed by atoms with E-state index in [-0.39, 0.29) is 17.7 Å². The Labute approximate surface area is 103 Å². The predicted octanol–water partition coefficient (Wildman–Crippen LogP) is 1.32. The molecule has 6 nitrogen and oxygen atoms in total. The van der Waals surface area contributed by atoms with Crippen LogP contribution in [0.5, 0.6) is 0 Å². The molecular formula is C12H9NO5. The van der Waals surface area contributed by atoms with Crippen molar-refractivity contribution in [3.63, 3.8) is 0 Å². The standard InChI is InChI=1S/C12H9NO5/c1-18-12(15)4-2-3-9-5-6-11(13(16)17)7-10(9)8-14/h5-8H,4H2,1H3. The van der Waals surface area contributed by atoms with Crippen molar-refractivity contribution in [3.8, 4) is 11.8 Å². The second kappa shape index (κ2) is 6.15. The monoisotopic (exact) mass is 247 g/mol. The van der Waals surface area contributed by atoms with E-state index in [1.54, 1.807) is 0 Å². The van der Waals surface area contributed by atoms with Gasteiger partial charge in [0, 0.05) is 23.3 Å². The highest BCUT2D eigenvalue weighted by Crippen LogP contribution is 2.15. The van der Waals surface area contributed by atoms with Gasteiger partial charge in [0.1, 0.15) is 6.42 Å². The molecule has 0 heterocycles. The molecule has 0 saturated heterocycles. The van der Waals surface area contributed by atoms with Crippen LogP contribution in [0.3, 0.4) is 0 Å². The molecule has 0 atom stereocenters. The lowest BCUT2D eigenvalue weighted by Crippen LogP contribution is -1.97. The molecule has 0 unspecified atom stereocenters. The van der Waals surface area contributed by atoms with E-state index in [0.29, 0.717) is 11.8 Å². The smallest absolute Gasteiger partial charge is 0.317 e. The number of hydrogen-bond donors (Lipinski definition) is 0. The number of esters is 1. The molecule has 0 N–H and O–H groups in total. The zero-order chi connectivity index (χ0) is 13.5. The molecule has 1 aromatic rings. The number of carbonyl (C=O) groups is 2. The quantitative estimate of drug-likeness (QED) is 0.264. The molecule has 0 aromatic heterocycles. The van der Waals surface area contributed by atoms with E-state index in [1.165, 1.54) is 19.2 Å². The Morgan fingerprint density at radius 3 is 2.83 bits per heavy atom. The Kier molecular flexibility index (Phi) is 4.58. The fourth-order valence-electron chi connectivity index (χ4n) is 1.16. The Morgan fingerprint density at radius 1 is 1.56 bits per heavy atom. The van der Waals surface area contributed by atoms with Crippen molar-refractivity contribution in [2.24, 2.45) is 0 Å². The third-order valence-electron chi connectivity index (χ3n) is 2.06. The zero-order valence-corrected chi connectivity index (χ0v) is 9.50. The number of methoxy groups -OCH3 is 1. The molecule has 0 amide bonds. The van der Waals surface area contributed by atoms with Crippen molar-refractivity contribution in [1.82, 2.24) is 0 Å². The first kappa shape index (κ1) is 13.4. The lowest BCUT2D eigenvalue weighted by molar-refractivity contribution is -0.384. The summed E-state index contributed by atoms with van der Waals surface area (Å²) in [7, 11) is 1.24. The van der Waals surface area contributed by atoms with Crippen LogP contribution in [0.15, 0.2) is 18.2 Å². The third kappa shape index (κ3) is 3.42. The van der Waals surface area contributed by atoms with Gasteiger partial charge in [-0.2, -0.15) is 0 Å². The fourth-order valence-corrected chi connectivity index (χ4v) is 1.16. The largest absolute Gasteiger partial charge is 0.468 e. The SMILES string of the molecule is COC(=O)CC#Cc1ccc([N+](=O)[O-])cc1C=O. The molecule has 0 aliphatic heterocycles. The van der Waals surface area contributed by atoms with Crippen LogP contribution in [-0.4, -0.2) is 24.3 Å². The number of aldehydes is 1. The van der Waals surface area contributed by atoms with Crippen LogP contribution in [0.2, 0.25) is 0 Å². The van der Waals surface area contributed by atoms with Gasteiger partial charge in [-0.25, -0.2) is 0 Å². The van der Waals surface area contributed by atoms with Gasteiger partial charge >= 0.3 is 5.97 Å². The molecule has 0 aliphatic rings. The second-order valence-corrected chi connectivity index (χ2v) is 3.20. The van der Waals surface area contributed by atoms with Gasteiger partial charge in [0.25, 0.3) is 5.69 Å². The topological polar surface area (TPSA) is 86.5 Å². The molecule has 0 aliphatic carbocycles. The van der Waals surface area contributed by atoms with Crippen molar-refractivity contribution in [1.29, 1.82) is 0 Å². The van der Waals surface area contributed by atoms with Crippen LogP contribution in [0.1, 0.15) is 22.3 Å². The van der Waals surface area contributed by atoms with Crippen molar-refractivity contribution >= 4 is 17.9 Å². The molecule has 1 rings (SSSR count). The van der Waals surface area contributed by atoms with E-state index >= 15 is 0 Å². The van der Waals surface area contributed by atoms with Crippen LogP contribution in [0.25, 0.3) is 0 Å². The number of non-ortho nitro benzene ring substituents is 1. The second-order valence-electron chi connectivity index (χ2n) is 3.20. The van der Waals surface area contributed by atoms with Crippen LogP contribution >= 0.6 is 0 Å². The van der Waals surface area contributed by atoms with Crippen LogP contribution in [0, 0.1) is 22.0 Å². The first-order valence-corrected chi connectivity index (χ1v) is 4.87. The van der Waals surface area contributed by atoms with Crippen molar-refractivity contribution in [3.05, 3.63) is 39.4 Å². The molecule has 6 heteroatoms. The highest BCUT2D eigenvalue weighted by molar-refractivity contribution is 5.81. The number of nitrogens with zero attached hydrogens (tertiary/aromatic N) is 1. The van der Waals surface area contributed by atoms with Gasteiger partial charge in [-0.15, -0.1) is 0 Å². The summed E-state index contributed by atoms with van der Waals surface area (Å²) in [5.41, 5.74) is 0.261. The van der Waals surface area contributed by atoms with E-state index in [9.17, 15) is 19.7 Å². The predicted molar refractivity (Wildman–Crippen MR) is 62.0 cm³/mol. The highest BCUT2D eigenvalue weighted by Gasteiger charge is 2.08. The summed E-state index contributed by atoms with van der Waals surface area (Å²) in [6.07, 6.45) is 0.376. The summed E-state index contributed by atoms with van der Waals surface area (Å²) in [5, 5.41) is 10.5. The van der Waals surface area contributed by atoms with Gasteiger partial charge in [-0.05, 0) is 6.07 Å². The van der Waals surface area contributed by atoms with Gasteiger partial charge in [-0.3, -0.25) is 19.7 Å². The minimum atomic E-state index is -0.599. The van der Waals surface area contributed by atoms with E-state index in [2.05, 4.69) is 16.6 Å². The molecule has 18 heavy (non-hydrogen) atoms. The molecular weight excluding hydrogens is 238 g/mol. The van der Waals surface area contributed by atoms with Gasteiger partial charge < -0.3 is 4.74 Å². The molecule has 92 valence electrons. The average Bonchev–Trinajstić information content (AvgIpc) is 2.38. The minimum absolute atomic E-state index is 0.105. The summed E-state index contributed by atoms with van der Waals surface area (Å²) >= 11 is 0. The lowest BCUT2D eigenvalue weighted by atomic mass is 10.1. The van der Waals surface area contributed by atoms with Crippen LogP contribution in [0.4, 0.5) is 5.69 Å². The van der Waals surface area contributed by atoms with Crippen LogP contribution < -0.4 is 0 Å². The van der Waals surface area contributed by atoms with E-state index in [1.807, 2.05) is 0 Å². The minimum Gasteiger partial charge on any atom is -0.468 e. The van der Waals surface area contributed by atoms with Gasteiger partial charge in [0.05, 0.1) is 12.0 Å². The zero-order valence-electron chi connectivity index (χ0n) is 9.50. The molecule has 0 spiro atoms. The Hall–Kier alpha value is -2.68. The number of ether oxygens (including phenoxy) is 1. The van der Waals surface area contributed by atoms with Gasteiger partial charge in [-0.1, -0.05) is 11.8 Å². The normalized spacial score (nSPS) is 8.94. The molecule has 1 aromatic carbocycles. The maximum absolute atomic E-state index is 10.8. The Bertz CT molecular complexity index is 553. The third-order valence-corrected chi connectivity index (χ3v) is 2.06. The van der Waals surface area contributed by atoms with E-state index in [4.69, 9.17) is 0 Å². The number of carbonyl (C=O) groups excluding carboxylic acids is 2. The van der Waals surface area contributed by atoms with Crippen molar-refractivity contribution in [2.75, 3.05) is 7.11 Å². The first-order valence-electron chi connectivity index (χ1n) is 4.87. The maximum Gasteiger partial charge on any atom is 0.317 e. The van der Waals surface area contributed by atoms with Gasteiger partial charge in [0.2, 0.25) is 0 Å². The van der Waals surface area contributed by atoms with Crippen molar-refractivity contribution in [2.45, 2.75) is 6.42 Å². The Balaban J connectivity index is 2.99. The summed E-state index contributed by atoms with van der Waals surface area (Å²) in [6.45, 7) is 0. The van der Waals surface area contributed by atoms with Crippen LogP contribution in [-0.2, 0) is 9.53 Å². The average molecular weight is 247 g/mol.